The van der Waals surface area contributed by atoms with E-state index in [0.29, 0.717) is 15.6 Å². The third-order valence-corrected chi connectivity index (χ3v) is 3.46. The fraction of sp³-hybridized carbons (Fsp3) is 0.200. The summed E-state index contributed by atoms with van der Waals surface area (Å²) in [7, 11) is 0. The highest BCUT2D eigenvalue weighted by Gasteiger charge is 2.14. The molecule has 20 heavy (non-hydrogen) atoms. The summed E-state index contributed by atoms with van der Waals surface area (Å²) in [6, 6.07) is 9.95. The lowest BCUT2D eigenvalue weighted by Gasteiger charge is -2.13. The molecule has 2 aromatic carbocycles. The van der Waals surface area contributed by atoms with E-state index in [-0.39, 0.29) is 12.0 Å². The second-order valence-electron chi connectivity index (χ2n) is 4.43. The van der Waals surface area contributed by atoms with Crippen LogP contribution in [0.25, 0.3) is 0 Å². The molecular formula is C15H12BrF3O. The average molecular weight is 345 g/mol. The summed E-state index contributed by atoms with van der Waals surface area (Å²) in [6.45, 7) is 0. The first kappa shape index (κ1) is 15.1. The maximum Gasteiger partial charge on any atom is 0.263 e. The molecule has 0 radical (unpaired) electrons. The molecule has 0 heterocycles. The van der Waals surface area contributed by atoms with Gasteiger partial charge in [0.05, 0.1) is 6.10 Å². The van der Waals surface area contributed by atoms with Gasteiger partial charge in [-0.25, -0.2) is 13.2 Å². The first-order valence-electron chi connectivity index (χ1n) is 5.97. The fourth-order valence-corrected chi connectivity index (χ4v) is 2.34. The minimum atomic E-state index is -2.59. The van der Waals surface area contributed by atoms with Gasteiger partial charge in [-0.15, -0.1) is 0 Å². The normalized spacial score (nSPS) is 12.7. The highest BCUT2D eigenvalue weighted by Crippen LogP contribution is 2.26. The van der Waals surface area contributed by atoms with Crippen molar-refractivity contribution in [3.63, 3.8) is 0 Å². The van der Waals surface area contributed by atoms with Crippen LogP contribution in [-0.4, -0.2) is 5.11 Å². The van der Waals surface area contributed by atoms with Crippen molar-refractivity contribution in [3.8, 4) is 0 Å². The summed E-state index contributed by atoms with van der Waals surface area (Å²) < 4.78 is 39.5. The van der Waals surface area contributed by atoms with Crippen LogP contribution in [0.4, 0.5) is 13.2 Å². The Morgan fingerprint density at radius 1 is 1.05 bits per heavy atom. The van der Waals surface area contributed by atoms with Crippen molar-refractivity contribution in [2.75, 3.05) is 0 Å². The van der Waals surface area contributed by atoms with Gasteiger partial charge in [0.15, 0.2) is 0 Å². The van der Waals surface area contributed by atoms with Crippen molar-refractivity contribution in [1.82, 2.24) is 0 Å². The SMILES string of the molecule is OC(Cc1cc(Br)ccc1F)c1cccc(C(F)F)c1. The van der Waals surface area contributed by atoms with Gasteiger partial charge in [0.2, 0.25) is 0 Å². The Morgan fingerprint density at radius 2 is 1.75 bits per heavy atom. The molecule has 0 saturated carbocycles. The van der Waals surface area contributed by atoms with Crippen LogP contribution in [0.1, 0.15) is 29.2 Å². The number of aliphatic hydroxyl groups is 1. The third-order valence-electron chi connectivity index (χ3n) is 2.97. The van der Waals surface area contributed by atoms with E-state index in [1.54, 1.807) is 18.2 Å². The molecule has 0 spiro atoms. The molecule has 0 fully saturated rings. The van der Waals surface area contributed by atoms with Crippen LogP contribution in [0.3, 0.4) is 0 Å². The number of benzene rings is 2. The van der Waals surface area contributed by atoms with E-state index in [4.69, 9.17) is 0 Å². The number of alkyl halides is 2. The van der Waals surface area contributed by atoms with Gasteiger partial charge in [0.25, 0.3) is 6.43 Å². The van der Waals surface area contributed by atoms with Crippen molar-refractivity contribution in [3.05, 3.63) is 69.4 Å². The number of hydrogen-bond acceptors (Lipinski definition) is 1. The number of rotatable bonds is 4. The molecule has 1 N–H and O–H groups in total. The largest absolute Gasteiger partial charge is 0.388 e. The molecule has 2 rings (SSSR count). The second kappa shape index (κ2) is 6.41. The molecule has 2 aromatic rings. The fourth-order valence-electron chi connectivity index (χ4n) is 1.93. The Labute approximate surface area is 123 Å². The van der Waals surface area contributed by atoms with Crippen LogP contribution in [0.15, 0.2) is 46.9 Å². The molecule has 0 aromatic heterocycles. The van der Waals surface area contributed by atoms with Gasteiger partial charge < -0.3 is 5.11 Å². The monoisotopic (exact) mass is 344 g/mol. The van der Waals surface area contributed by atoms with Gasteiger partial charge >= 0.3 is 0 Å². The van der Waals surface area contributed by atoms with E-state index in [1.807, 2.05) is 0 Å². The molecule has 0 aliphatic carbocycles. The van der Waals surface area contributed by atoms with E-state index < -0.39 is 18.3 Å². The molecule has 1 unspecified atom stereocenters. The van der Waals surface area contributed by atoms with E-state index in [2.05, 4.69) is 15.9 Å². The van der Waals surface area contributed by atoms with Crippen molar-refractivity contribution < 1.29 is 18.3 Å². The quantitative estimate of drug-likeness (QED) is 0.844. The van der Waals surface area contributed by atoms with Gasteiger partial charge in [-0.05, 0) is 35.4 Å². The highest BCUT2D eigenvalue weighted by molar-refractivity contribution is 9.10. The van der Waals surface area contributed by atoms with E-state index in [0.717, 1.165) is 0 Å². The van der Waals surface area contributed by atoms with Crippen LogP contribution in [-0.2, 0) is 6.42 Å². The zero-order valence-electron chi connectivity index (χ0n) is 10.4. The van der Waals surface area contributed by atoms with E-state index >= 15 is 0 Å². The summed E-state index contributed by atoms with van der Waals surface area (Å²) in [5.41, 5.74) is 0.521. The van der Waals surface area contributed by atoms with Gasteiger partial charge in [-0.2, -0.15) is 0 Å². The van der Waals surface area contributed by atoms with Crippen molar-refractivity contribution in [2.45, 2.75) is 19.0 Å². The maximum atomic E-state index is 13.6. The first-order valence-corrected chi connectivity index (χ1v) is 6.76. The van der Waals surface area contributed by atoms with Gasteiger partial charge in [-0.1, -0.05) is 34.1 Å². The minimum absolute atomic E-state index is 0.0258. The zero-order chi connectivity index (χ0) is 14.7. The van der Waals surface area contributed by atoms with Gasteiger partial charge in [0.1, 0.15) is 5.82 Å². The van der Waals surface area contributed by atoms with Gasteiger partial charge in [-0.3, -0.25) is 0 Å². The Bertz CT molecular complexity index is 601. The standard InChI is InChI=1S/C15H12BrF3O/c16-12-4-5-13(17)11(7-12)8-14(20)9-2-1-3-10(6-9)15(18)19/h1-7,14-15,20H,8H2. The Kier molecular flexibility index (Phi) is 4.83. The van der Waals surface area contributed by atoms with Crippen LogP contribution in [0, 0.1) is 5.82 Å². The summed E-state index contributed by atoms with van der Waals surface area (Å²) in [4.78, 5) is 0. The predicted molar refractivity (Wildman–Crippen MR) is 74.2 cm³/mol. The molecular weight excluding hydrogens is 333 g/mol. The maximum absolute atomic E-state index is 13.6. The lowest BCUT2D eigenvalue weighted by Crippen LogP contribution is -2.04. The predicted octanol–water partition coefficient (Wildman–Crippen LogP) is 4.80. The summed E-state index contributed by atoms with van der Waals surface area (Å²) in [5.74, 6) is -0.433. The Hall–Kier alpha value is -1.33. The molecule has 1 atom stereocenters. The molecule has 5 heteroatoms. The molecule has 106 valence electrons. The topological polar surface area (TPSA) is 20.2 Å². The molecule has 1 nitrogen and oxygen atoms in total. The van der Waals surface area contributed by atoms with Crippen LogP contribution in [0.5, 0.6) is 0 Å². The molecule has 0 aliphatic heterocycles. The van der Waals surface area contributed by atoms with E-state index in [9.17, 15) is 18.3 Å². The lowest BCUT2D eigenvalue weighted by atomic mass is 9.99. The van der Waals surface area contributed by atoms with Crippen molar-refractivity contribution >= 4 is 15.9 Å². The lowest BCUT2D eigenvalue weighted by molar-refractivity contribution is 0.149. The molecule has 0 saturated heterocycles. The van der Waals surface area contributed by atoms with Crippen LogP contribution < -0.4 is 0 Å². The number of hydrogen-bond donors (Lipinski definition) is 1. The van der Waals surface area contributed by atoms with Crippen LogP contribution >= 0.6 is 15.9 Å². The van der Waals surface area contributed by atoms with Gasteiger partial charge in [0, 0.05) is 16.5 Å². The molecule has 0 amide bonds. The van der Waals surface area contributed by atoms with Crippen molar-refractivity contribution in [2.24, 2.45) is 0 Å². The summed E-state index contributed by atoms with van der Waals surface area (Å²) in [5, 5.41) is 10.1. The highest BCUT2D eigenvalue weighted by atomic mass is 79.9. The molecule has 0 aliphatic rings. The smallest absolute Gasteiger partial charge is 0.263 e. The zero-order valence-corrected chi connectivity index (χ0v) is 11.9. The minimum Gasteiger partial charge on any atom is -0.388 e. The third kappa shape index (κ3) is 3.61. The summed E-state index contributed by atoms with van der Waals surface area (Å²) >= 11 is 3.23. The Morgan fingerprint density at radius 3 is 2.45 bits per heavy atom. The van der Waals surface area contributed by atoms with Crippen LogP contribution in [0.2, 0.25) is 0 Å². The van der Waals surface area contributed by atoms with E-state index in [1.165, 1.54) is 24.3 Å². The Balaban J connectivity index is 2.21. The first-order chi connectivity index (χ1) is 9.47. The number of aliphatic hydroxyl groups excluding tert-OH is 1. The summed E-state index contributed by atoms with van der Waals surface area (Å²) in [6.07, 6.45) is -3.60. The second-order valence-corrected chi connectivity index (χ2v) is 5.34. The average Bonchev–Trinajstić information content (AvgIpc) is 2.43. The molecule has 0 bridgehead atoms. The van der Waals surface area contributed by atoms with Crippen molar-refractivity contribution in [1.29, 1.82) is 0 Å². The number of halogens is 4.